The molecule has 5 heteroatoms. The fourth-order valence-electron chi connectivity index (χ4n) is 1.40. The van der Waals surface area contributed by atoms with Crippen LogP contribution >= 0.6 is 0 Å². The predicted molar refractivity (Wildman–Crippen MR) is 76.5 cm³/mol. The van der Waals surface area contributed by atoms with Gasteiger partial charge in [0.1, 0.15) is 11.5 Å². The van der Waals surface area contributed by atoms with Gasteiger partial charge >= 0.3 is 0 Å². The fraction of sp³-hybridized carbons (Fsp3) is 0.133. The molecule has 0 spiro atoms. The van der Waals surface area contributed by atoms with Crippen LogP contribution in [-0.4, -0.2) is 27.2 Å². The monoisotopic (exact) mass is 272 g/mol. The fourth-order valence-corrected chi connectivity index (χ4v) is 1.40. The van der Waals surface area contributed by atoms with Crippen molar-refractivity contribution in [3.8, 4) is 11.5 Å². The molecule has 0 unspecified atom stereocenters. The number of Topliss-reactive ketones (excluding diaryl/α,β-unsaturated/α-hetero) is 1. The van der Waals surface area contributed by atoms with Crippen molar-refractivity contribution in [1.29, 1.82) is 5.41 Å². The van der Waals surface area contributed by atoms with Crippen LogP contribution in [0.1, 0.15) is 29.3 Å². The van der Waals surface area contributed by atoms with Crippen LogP contribution in [0, 0.1) is 5.41 Å². The van der Waals surface area contributed by atoms with E-state index in [1.54, 1.807) is 24.5 Å². The number of nitrogens with zero attached hydrogens (tertiary/aromatic N) is 1. The summed E-state index contributed by atoms with van der Waals surface area (Å²) in [5.41, 5.74) is 1.15. The first-order valence-corrected chi connectivity index (χ1v) is 6.04. The zero-order valence-corrected chi connectivity index (χ0v) is 11.1. The van der Waals surface area contributed by atoms with Gasteiger partial charge in [-0.1, -0.05) is 6.92 Å². The van der Waals surface area contributed by atoms with Crippen molar-refractivity contribution in [2.45, 2.75) is 13.3 Å². The predicted octanol–water partition coefficient (Wildman–Crippen LogP) is 2.77. The number of aromatic hydroxyl groups is 2. The number of benzene rings is 1. The van der Waals surface area contributed by atoms with E-state index in [2.05, 4.69) is 4.98 Å². The normalized spacial score (nSPS) is 9.25. The van der Waals surface area contributed by atoms with Gasteiger partial charge in [0.15, 0.2) is 5.78 Å². The second kappa shape index (κ2) is 7.68. The van der Waals surface area contributed by atoms with Crippen LogP contribution < -0.4 is 0 Å². The summed E-state index contributed by atoms with van der Waals surface area (Å²) in [5, 5.41) is 24.6. The van der Waals surface area contributed by atoms with Gasteiger partial charge in [0, 0.05) is 42.2 Å². The van der Waals surface area contributed by atoms with E-state index in [4.69, 9.17) is 15.6 Å². The number of carbonyl (C=O) groups is 1. The summed E-state index contributed by atoms with van der Waals surface area (Å²) < 4.78 is 0. The second-order valence-corrected chi connectivity index (χ2v) is 3.90. The molecule has 1 heterocycles. The van der Waals surface area contributed by atoms with E-state index in [9.17, 15) is 4.79 Å². The lowest BCUT2D eigenvalue weighted by Gasteiger charge is -1.96. The summed E-state index contributed by atoms with van der Waals surface area (Å²) in [5.74, 6) is 0.0977. The molecule has 0 bridgehead atoms. The maximum Gasteiger partial charge on any atom is 0.162 e. The van der Waals surface area contributed by atoms with Crippen LogP contribution in [0.3, 0.4) is 0 Å². The number of aromatic nitrogens is 1. The van der Waals surface area contributed by atoms with Crippen LogP contribution in [0.4, 0.5) is 0 Å². The molecule has 1 aromatic heterocycles. The molecular formula is C15H16N2O3. The Balaban J connectivity index is 0.000000200. The van der Waals surface area contributed by atoms with Crippen molar-refractivity contribution in [3.63, 3.8) is 0 Å². The lowest BCUT2D eigenvalue weighted by Crippen LogP contribution is -1.95. The van der Waals surface area contributed by atoms with E-state index in [0.717, 1.165) is 11.8 Å². The number of phenolic OH excluding ortho intramolecular Hbond substituents is 2. The standard InChI is InChI=1S/C8H9NO.C7H7NO2/c1-2-8(10)7-3-5-9-6-4-7;8-4-5-1-2-6(9)3-7(5)10/h3-6H,2H2,1H3;1-4,8-10H. The Bertz CT molecular complexity index is 583. The number of ketones is 1. The van der Waals surface area contributed by atoms with Gasteiger partial charge in [-0.2, -0.15) is 0 Å². The second-order valence-electron chi connectivity index (χ2n) is 3.90. The van der Waals surface area contributed by atoms with Gasteiger partial charge in [-0.25, -0.2) is 0 Å². The third-order valence-electron chi connectivity index (χ3n) is 2.49. The Morgan fingerprint density at radius 3 is 2.40 bits per heavy atom. The Hall–Kier alpha value is -2.69. The zero-order chi connectivity index (χ0) is 15.0. The summed E-state index contributed by atoms with van der Waals surface area (Å²) in [7, 11) is 0. The number of rotatable bonds is 3. The molecule has 3 N–H and O–H groups in total. The van der Waals surface area contributed by atoms with Crippen LogP contribution in [0.15, 0.2) is 42.7 Å². The van der Waals surface area contributed by atoms with E-state index in [1.807, 2.05) is 6.92 Å². The number of hydrogen-bond donors (Lipinski definition) is 3. The molecule has 0 radical (unpaired) electrons. The number of pyridine rings is 1. The molecule has 0 saturated carbocycles. The largest absolute Gasteiger partial charge is 0.508 e. The zero-order valence-electron chi connectivity index (χ0n) is 11.1. The Labute approximate surface area is 117 Å². The van der Waals surface area contributed by atoms with Crippen molar-refractivity contribution in [1.82, 2.24) is 4.98 Å². The van der Waals surface area contributed by atoms with Gasteiger partial charge in [0.05, 0.1) is 0 Å². The quantitative estimate of drug-likeness (QED) is 0.591. The van der Waals surface area contributed by atoms with E-state index in [1.165, 1.54) is 18.2 Å². The highest BCUT2D eigenvalue weighted by molar-refractivity contribution is 5.95. The lowest BCUT2D eigenvalue weighted by molar-refractivity contribution is 0.0988. The van der Waals surface area contributed by atoms with E-state index in [-0.39, 0.29) is 17.3 Å². The first-order valence-electron chi connectivity index (χ1n) is 6.04. The van der Waals surface area contributed by atoms with Gasteiger partial charge in [0.25, 0.3) is 0 Å². The summed E-state index contributed by atoms with van der Waals surface area (Å²) >= 11 is 0. The maximum atomic E-state index is 11.0. The Morgan fingerprint density at radius 1 is 1.25 bits per heavy atom. The van der Waals surface area contributed by atoms with Crippen LogP contribution in [0.2, 0.25) is 0 Å². The summed E-state index contributed by atoms with van der Waals surface area (Å²) in [6.07, 6.45) is 4.84. The minimum absolute atomic E-state index is 0.00287. The van der Waals surface area contributed by atoms with E-state index in [0.29, 0.717) is 12.0 Å². The highest BCUT2D eigenvalue weighted by Gasteiger charge is 1.99. The summed E-state index contributed by atoms with van der Waals surface area (Å²) in [6.45, 7) is 1.85. The third kappa shape index (κ3) is 4.53. The first-order chi connectivity index (χ1) is 9.58. The molecule has 0 atom stereocenters. The number of carbonyl (C=O) groups excluding carboxylic acids is 1. The van der Waals surface area contributed by atoms with Crippen molar-refractivity contribution in [2.24, 2.45) is 0 Å². The van der Waals surface area contributed by atoms with Crippen LogP contribution in [-0.2, 0) is 0 Å². The molecule has 0 saturated heterocycles. The van der Waals surface area contributed by atoms with Gasteiger partial charge in [-0.15, -0.1) is 0 Å². The average molecular weight is 272 g/mol. The van der Waals surface area contributed by atoms with E-state index < -0.39 is 0 Å². The molecule has 0 aliphatic carbocycles. The van der Waals surface area contributed by atoms with Crippen molar-refractivity contribution < 1.29 is 15.0 Å². The highest BCUT2D eigenvalue weighted by Crippen LogP contribution is 2.20. The molecule has 2 aromatic rings. The van der Waals surface area contributed by atoms with Crippen LogP contribution in [0.5, 0.6) is 11.5 Å². The number of phenols is 2. The molecule has 0 amide bonds. The topological polar surface area (TPSA) is 94.3 Å². The van der Waals surface area contributed by atoms with E-state index >= 15 is 0 Å². The minimum Gasteiger partial charge on any atom is -0.508 e. The SMILES string of the molecule is CCC(=O)c1ccncc1.N=Cc1ccc(O)cc1O. The lowest BCUT2D eigenvalue weighted by atomic mass is 10.1. The molecular weight excluding hydrogens is 256 g/mol. The highest BCUT2D eigenvalue weighted by atomic mass is 16.3. The Morgan fingerprint density at radius 2 is 1.90 bits per heavy atom. The first kappa shape index (κ1) is 15.4. The number of hydrogen-bond acceptors (Lipinski definition) is 5. The van der Waals surface area contributed by atoms with Gasteiger partial charge in [-0.05, 0) is 24.3 Å². The van der Waals surface area contributed by atoms with Gasteiger partial charge < -0.3 is 15.6 Å². The van der Waals surface area contributed by atoms with Crippen LogP contribution in [0.25, 0.3) is 0 Å². The van der Waals surface area contributed by atoms with Crippen molar-refractivity contribution in [2.75, 3.05) is 0 Å². The molecule has 2 rings (SSSR count). The maximum absolute atomic E-state index is 11.0. The van der Waals surface area contributed by atoms with Crippen molar-refractivity contribution >= 4 is 12.0 Å². The summed E-state index contributed by atoms with van der Waals surface area (Å²) in [6, 6.07) is 7.54. The smallest absolute Gasteiger partial charge is 0.162 e. The minimum atomic E-state index is -0.0741. The molecule has 0 aliphatic rings. The summed E-state index contributed by atoms with van der Waals surface area (Å²) in [4.78, 5) is 14.8. The average Bonchev–Trinajstić information content (AvgIpc) is 2.48. The number of nitrogens with one attached hydrogen (secondary N) is 1. The molecule has 104 valence electrons. The molecule has 20 heavy (non-hydrogen) atoms. The van der Waals surface area contributed by atoms with Gasteiger partial charge in [-0.3, -0.25) is 9.78 Å². The molecule has 1 aromatic carbocycles. The van der Waals surface area contributed by atoms with Gasteiger partial charge in [0.2, 0.25) is 0 Å². The van der Waals surface area contributed by atoms with Crippen molar-refractivity contribution in [3.05, 3.63) is 53.9 Å². The molecule has 0 aliphatic heterocycles. The molecule has 0 fully saturated rings. The molecule has 5 nitrogen and oxygen atoms in total. The Kier molecular flexibility index (Phi) is 5.90. The third-order valence-corrected chi connectivity index (χ3v) is 2.49.